The standard InChI is InChI=1S/C12H12BrNO4/c1-3-8-9(12(15)16-4-2)18-11(14-8)7-5-6-17-10(7)13/h5-6H,3-4H2,1-2H3. The lowest BCUT2D eigenvalue weighted by Crippen LogP contribution is -2.05. The summed E-state index contributed by atoms with van der Waals surface area (Å²) in [5, 5.41) is 0. The van der Waals surface area contributed by atoms with Gasteiger partial charge in [0.1, 0.15) is 0 Å². The van der Waals surface area contributed by atoms with E-state index in [9.17, 15) is 4.79 Å². The van der Waals surface area contributed by atoms with E-state index in [0.717, 1.165) is 0 Å². The molecular weight excluding hydrogens is 302 g/mol. The van der Waals surface area contributed by atoms with E-state index < -0.39 is 5.97 Å². The molecule has 0 aliphatic heterocycles. The number of ether oxygens (including phenoxy) is 1. The van der Waals surface area contributed by atoms with Crippen LogP contribution in [-0.4, -0.2) is 17.6 Å². The number of halogens is 1. The fraction of sp³-hybridized carbons (Fsp3) is 0.333. The van der Waals surface area contributed by atoms with Crippen LogP contribution in [0.1, 0.15) is 30.1 Å². The van der Waals surface area contributed by atoms with Crippen molar-refractivity contribution in [2.24, 2.45) is 0 Å². The van der Waals surface area contributed by atoms with Crippen molar-refractivity contribution in [3.63, 3.8) is 0 Å². The van der Waals surface area contributed by atoms with Crippen LogP contribution in [0.5, 0.6) is 0 Å². The first-order chi connectivity index (χ1) is 8.67. The van der Waals surface area contributed by atoms with E-state index in [1.165, 1.54) is 6.26 Å². The summed E-state index contributed by atoms with van der Waals surface area (Å²) in [6.45, 7) is 3.94. The number of carbonyl (C=O) groups excluding carboxylic acids is 1. The first-order valence-electron chi connectivity index (χ1n) is 5.57. The van der Waals surface area contributed by atoms with E-state index >= 15 is 0 Å². The van der Waals surface area contributed by atoms with E-state index in [4.69, 9.17) is 13.6 Å². The van der Waals surface area contributed by atoms with Crippen LogP contribution in [0.2, 0.25) is 0 Å². The quantitative estimate of drug-likeness (QED) is 0.809. The Balaban J connectivity index is 2.41. The van der Waals surface area contributed by atoms with Crippen LogP contribution in [0, 0.1) is 0 Å². The molecule has 6 heteroatoms. The van der Waals surface area contributed by atoms with E-state index in [2.05, 4.69) is 20.9 Å². The van der Waals surface area contributed by atoms with Gasteiger partial charge in [-0.15, -0.1) is 0 Å². The number of nitrogens with zero attached hydrogens (tertiary/aromatic N) is 1. The van der Waals surface area contributed by atoms with Crippen molar-refractivity contribution in [2.75, 3.05) is 6.61 Å². The van der Waals surface area contributed by atoms with Crippen molar-refractivity contribution in [1.82, 2.24) is 4.98 Å². The zero-order valence-corrected chi connectivity index (χ0v) is 11.6. The predicted octanol–water partition coefficient (Wildman–Crippen LogP) is 3.44. The number of carbonyl (C=O) groups is 1. The van der Waals surface area contributed by atoms with Crippen molar-refractivity contribution in [1.29, 1.82) is 0 Å². The highest BCUT2D eigenvalue weighted by Gasteiger charge is 2.22. The Labute approximate surface area is 112 Å². The minimum atomic E-state index is -0.493. The molecule has 96 valence electrons. The lowest BCUT2D eigenvalue weighted by molar-refractivity contribution is 0.0489. The molecule has 0 aliphatic carbocycles. The minimum Gasteiger partial charge on any atom is -0.460 e. The highest BCUT2D eigenvalue weighted by molar-refractivity contribution is 9.10. The largest absolute Gasteiger partial charge is 0.460 e. The van der Waals surface area contributed by atoms with Crippen molar-refractivity contribution in [2.45, 2.75) is 20.3 Å². The van der Waals surface area contributed by atoms with Crippen LogP contribution in [0.3, 0.4) is 0 Å². The van der Waals surface area contributed by atoms with Crippen molar-refractivity contribution in [3.8, 4) is 11.5 Å². The van der Waals surface area contributed by atoms with E-state index in [-0.39, 0.29) is 5.76 Å². The highest BCUT2D eigenvalue weighted by Crippen LogP contribution is 2.30. The van der Waals surface area contributed by atoms with Gasteiger partial charge in [0.2, 0.25) is 11.7 Å². The average molecular weight is 314 g/mol. The van der Waals surface area contributed by atoms with Crippen LogP contribution < -0.4 is 0 Å². The second kappa shape index (κ2) is 5.39. The number of furan rings is 1. The summed E-state index contributed by atoms with van der Waals surface area (Å²) in [4.78, 5) is 16.0. The molecule has 5 nitrogen and oxygen atoms in total. The number of hydrogen-bond donors (Lipinski definition) is 0. The molecule has 0 spiro atoms. The monoisotopic (exact) mass is 313 g/mol. The Morgan fingerprint density at radius 3 is 2.83 bits per heavy atom. The second-order valence-corrected chi connectivity index (χ2v) is 4.20. The van der Waals surface area contributed by atoms with Gasteiger partial charge >= 0.3 is 5.97 Å². The average Bonchev–Trinajstić information content (AvgIpc) is 2.94. The molecule has 2 heterocycles. The molecule has 0 saturated carbocycles. The third-order valence-electron chi connectivity index (χ3n) is 2.34. The second-order valence-electron chi connectivity index (χ2n) is 3.48. The summed E-state index contributed by atoms with van der Waals surface area (Å²) < 4.78 is 16.0. The van der Waals surface area contributed by atoms with Gasteiger partial charge in [0, 0.05) is 0 Å². The smallest absolute Gasteiger partial charge is 0.376 e. The van der Waals surface area contributed by atoms with Gasteiger partial charge in [-0.05, 0) is 35.3 Å². The zero-order valence-electron chi connectivity index (χ0n) is 10.0. The molecule has 0 aromatic carbocycles. The maximum absolute atomic E-state index is 11.7. The van der Waals surface area contributed by atoms with Gasteiger partial charge in [-0.2, -0.15) is 0 Å². The lowest BCUT2D eigenvalue weighted by Gasteiger charge is -1.98. The van der Waals surface area contributed by atoms with Crippen LogP contribution in [-0.2, 0) is 11.2 Å². The molecule has 0 radical (unpaired) electrons. The number of rotatable bonds is 4. The Kier molecular flexibility index (Phi) is 3.86. The summed E-state index contributed by atoms with van der Waals surface area (Å²) in [6, 6.07) is 1.71. The summed E-state index contributed by atoms with van der Waals surface area (Å²) in [7, 11) is 0. The SMILES string of the molecule is CCOC(=O)c1oc(-c2ccoc2Br)nc1CC. The third-order valence-corrected chi connectivity index (χ3v) is 2.96. The fourth-order valence-electron chi connectivity index (χ4n) is 1.51. The summed E-state index contributed by atoms with van der Waals surface area (Å²) >= 11 is 3.24. The molecule has 0 aliphatic rings. The topological polar surface area (TPSA) is 65.5 Å². The number of aryl methyl sites for hydroxylation is 1. The summed E-state index contributed by atoms with van der Waals surface area (Å²) in [5.41, 5.74) is 1.25. The Morgan fingerprint density at radius 2 is 2.28 bits per heavy atom. The Morgan fingerprint density at radius 1 is 1.50 bits per heavy atom. The van der Waals surface area contributed by atoms with E-state index in [1.54, 1.807) is 13.0 Å². The van der Waals surface area contributed by atoms with Crippen LogP contribution >= 0.6 is 15.9 Å². The maximum Gasteiger partial charge on any atom is 0.376 e. The van der Waals surface area contributed by atoms with Gasteiger partial charge in [0.25, 0.3) is 0 Å². The lowest BCUT2D eigenvalue weighted by atomic mass is 10.3. The molecule has 0 bridgehead atoms. The van der Waals surface area contributed by atoms with Crippen molar-refractivity contribution < 1.29 is 18.4 Å². The fourth-order valence-corrected chi connectivity index (χ4v) is 1.92. The molecule has 0 amide bonds. The molecule has 18 heavy (non-hydrogen) atoms. The number of hydrogen-bond acceptors (Lipinski definition) is 5. The molecule has 0 saturated heterocycles. The van der Waals surface area contributed by atoms with Crippen molar-refractivity contribution in [3.05, 3.63) is 28.5 Å². The van der Waals surface area contributed by atoms with Gasteiger partial charge in [-0.1, -0.05) is 6.92 Å². The summed E-state index contributed by atoms with van der Waals surface area (Å²) in [5.74, 6) is 0.00527. The first kappa shape index (κ1) is 12.9. The maximum atomic E-state index is 11.7. The summed E-state index contributed by atoms with van der Waals surface area (Å²) in [6.07, 6.45) is 2.10. The third kappa shape index (κ3) is 2.33. The predicted molar refractivity (Wildman–Crippen MR) is 67.2 cm³/mol. The molecule has 2 aromatic rings. The Bertz CT molecular complexity index is 558. The van der Waals surface area contributed by atoms with Gasteiger partial charge in [0.05, 0.1) is 24.1 Å². The van der Waals surface area contributed by atoms with Gasteiger partial charge < -0.3 is 13.6 Å². The van der Waals surface area contributed by atoms with E-state index in [0.29, 0.717) is 34.8 Å². The number of aromatic nitrogens is 1. The van der Waals surface area contributed by atoms with Crippen molar-refractivity contribution >= 4 is 21.9 Å². The Hall–Kier alpha value is -1.56. The molecule has 0 fully saturated rings. The zero-order chi connectivity index (χ0) is 13.1. The molecule has 0 N–H and O–H groups in total. The van der Waals surface area contributed by atoms with Crippen LogP contribution in [0.15, 0.2) is 25.8 Å². The van der Waals surface area contributed by atoms with E-state index in [1.807, 2.05) is 6.92 Å². The highest BCUT2D eigenvalue weighted by atomic mass is 79.9. The van der Waals surface area contributed by atoms with Crippen LogP contribution in [0.25, 0.3) is 11.5 Å². The molecular formula is C12H12BrNO4. The van der Waals surface area contributed by atoms with Gasteiger partial charge in [-0.3, -0.25) is 0 Å². The molecule has 0 atom stereocenters. The number of esters is 1. The van der Waals surface area contributed by atoms with Gasteiger partial charge in [-0.25, -0.2) is 9.78 Å². The molecule has 2 aromatic heterocycles. The number of oxazole rings is 1. The first-order valence-corrected chi connectivity index (χ1v) is 6.36. The molecule has 2 rings (SSSR count). The minimum absolute atomic E-state index is 0.155. The molecule has 0 unspecified atom stereocenters. The van der Waals surface area contributed by atoms with Gasteiger partial charge in [0.15, 0.2) is 4.67 Å². The normalized spacial score (nSPS) is 10.6. The van der Waals surface area contributed by atoms with Crippen LogP contribution in [0.4, 0.5) is 0 Å².